The SMILES string of the molecule is COC(=O)Nc1ccc2c(c1)NC(=O)C(C)CCCC(NCCC(=O)c1c(Br)ccc(Cl)c1F)c1cc-2c2ccccc2n1. The fourth-order valence-corrected chi connectivity index (χ4v) is 6.05. The predicted molar refractivity (Wildman–Crippen MR) is 174 cm³/mol. The second-order valence-electron chi connectivity index (χ2n) is 10.7. The van der Waals surface area contributed by atoms with Crippen molar-refractivity contribution in [3.05, 3.63) is 87.2 Å². The first-order valence-electron chi connectivity index (χ1n) is 14.3. The van der Waals surface area contributed by atoms with Gasteiger partial charge in [0, 0.05) is 46.0 Å². The van der Waals surface area contributed by atoms with E-state index in [4.69, 9.17) is 21.3 Å². The van der Waals surface area contributed by atoms with Gasteiger partial charge in [0.2, 0.25) is 5.91 Å². The number of pyridine rings is 1. The molecule has 228 valence electrons. The summed E-state index contributed by atoms with van der Waals surface area (Å²) in [5.41, 5.74) is 4.12. The van der Waals surface area contributed by atoms with E-state index < -0.39 is 11.9 Å². The van der Waals surface area contributed by atoms with Crippen molar-refractivity contribution >= 4 is 67.6 Å². The number of amides is 2. The number of carbonyl (C=O) groups is 3. The fraction of sp³-hybridized carbons (Fsp3) is 0.273. The Balaban J connectivity index is 1.53. The van der Waals surface area contributed by atoms with Crippen LogP contribution in [0.4, 0.5) is 20.6 Å². The Labute approximate surface area is 267 Å². The van der Waals surface area contributed by atoms with E-state index in [1.54, 1.807) is 18.2 Å². The van der Waals surface area contributed by atoms with E-state index in [9.17, 15) is 18.8 Å². The summed E-state index contributed by atoms with van der Waals surface area (Å²) in [5, 5.41) is 9.99. The number of hydrogen-bond donors (Lipinski definition) is 3. The van der Waals surface area contributed by atoms with Gasteiger partial charge in [-0.25, -0.2) is 9.18 Å². The molecule has 2 atom stereocenters. The highest BCUT2D eigenvalue weighted by Crippen LogP contribution is 2.38. The maximum absolute atomic E-state index is 14.7. The lowest BCUT2D eigenvalue weighted by molar-refractivity contribution is -0.119. The summed E-state index contributed by atoms with van der Waals surface area (Å²) in [4.78, 5) is 43.2. The average molecular weight is 682 g/mol. The van der Waals surface area contributed by atoms with Crippen LogP contribution in [0.1, 0.15) is 54.7 Å². The van der Waals surface area contributed by atoms with Crippen LogP contribution in [0.5, 0.6) is 0 Å². The third-order valence-corrected chi connectivity index (χ3v) is 8.69. The maximum atomic E-state index is 14.7. The third-order valence-electron chi connectivity index (χ3n) is 7.74. The Morgan fingerprint density at radius 3 is 2.70 bits per heavy atom. The molecule has 0 aliphatic carbocycles. The molecule has 2 unspecified atom stereocenters. The highest BCUT2D eigenvalue weighted by Gasteiger charge is 2.24. The number of fused-ring (bicyclic) bond motifs is 6. The molecule has 3 N–H and O–H groups in total. The third kappa shape index (κ3) is 6.93. The predicted octanol–water partition coefficient (Wildman–Crippen LogP) is 8.30. The summed E-state index contributed by atoms with van der Waals surface area (Å²) in [7, 11) is 1.28. The van der Waals surface area contributed by atoms with Crippen molar-refractivity contribution in [1.29, 1.82) is 0 Å². The minimum absolute atomic E-state index is 0.0460. The molecule has 3 aromatic carbocycles. The molecule has 2 amide bonds. The van der Waals surface area contributed by atoms with Crippen molar-refractivity contribution in [2.75, 3.05) is 24.3 Å². The lowest BCUT2D eigenvalue weighted by atomic mass is 9.93. The number of halogens is 3. The number of para-hydroxylation sites is 1. The largest absolute Gasteiger partial charge is 0.453 e. The summed E-state index contributed by atoms with van der Waals surface area (Å²) >= 11 is 9.20. The standard InChI is InChI=1S/C33H31BrClFN4O4/c1-18-6-5-9-26(37-15-14-29(41)30-23(34)12-13-24(35)31(30)36)28-17-22(20-7-3-4-8-25(20)39-28)21-11-10-19(38-33(43)44-2)16-27(21)40-32(18)42/h3-4,7-8,10-13,16-18,26,37H,5-6,9,14-15H2,1-2H3,(H,38,43)(H,40,42). The molecule has 44 heavy (non-hydrogen) atoms. The van der Waals surface area contributed by atoms with Crippen LogP contribution in [0.15, 0.2) is 65.1 Å². The molecule has 8 nitrogen and oxygen atoms in total. The highest BCUT2D eigenvalue weighted by atomic mass is 79.9. The Kier molecular flexibility index (Phi) is 9.93. The van der Waals surface area contributed by atoms with Crippen molar-refractivity contribution in [3.8, 4) is 11.1 Å². The maximum Gasteiger partial charge on any atom is 0.411 e. The van der Waals surface area contributed by atoms with Gasteiger partial charge in [0.1, 0.15) is 0 Å². The monoisotopic (exact) mass is 680 g/mol. The van der Waals surface area contributed by atoms with Crippen molar-refractivity contribution < 1.29 is 23.5 Å². The molecule has 4 aromatic rings. The number of ether oxygens (including phenoxy) is 1. The topological polar surface area (TPSA) is 109 Å². The van der Waals surface area contributed by atoms with Crippen LogP contribution in [0.2, 0.25) is 5.02 Å². The number of Topliss-reactive ketones (excluding diaryl/α,β-unsaturated/α-hetero) is 1. The molecule has 2 heterocycles. The number of nitrogens with zero attached hydrogens (tertiary/aromatic N) is 1. The van der Waals surface area contributed by atoms with Gasteiger partial charge < -0.3 is 15.4 Å². The van der Waals surface area contributed by atoms with Crippen LogP contribution in [-0.2, 0) is 9.53 Å². The van der Waals surface area contributed by atoms with Crippen molar-refractivity contribution in [2.24, 2.45) is 5.92 Å². The fourth-order valence-electron chi connectivity index (χ4n) is 5.36. The van der Waals surface area contributed by atoms with Crippen molar-refractivity contribution in [2.45, 2.75) is 38.6 Å². The van der Waals surface area contributed by atoms with Crippen LogP contribution in [-0.4, -0.2) is 36.4 Å². The summed E-state index contributed by atoms with van der Waals surface area (Å²) in [5.74, 6) is -1.54. The van der Waals surface area contributed by atoms with Gasteiger partial charge in [-0.2, -0.15) is 0 Å². The lowest BCUT2D eigenvalue weighted by Crippen LogP contribution is -2.26. The first-order chi connectivity index (χ1) is 21.2. The van der Waals surface area contributed by atoms with E-state index in [0.29, 0.717) is 28.7 Å². The zero-order valence-corrected chi connectivity index (χ0v) is 26.5. The number of benzene rings is 3. The Hall–Kier alpha value is -3.86. The number of aromatic nitrogens is 1. The zero-order valence-electron chi connectivity index (χ0n) is 24.2. The number of methoxy groups -OCH3 is 1. The van der Waals surface area contributed by atoms with Crippen molar-refractivity contribution in [3.63, 3.8) is 0 Å². The number of hydrogen-bond acceptors (Lipinski definition) is 6. The smallest absolute Gasteiger partial charge is 0.411 e. The van der Waals surface area contributed by atoms with E-state index in [1.165, 1.54) is 13.2 Å². The van der Waals surface area contributed by atoms with Crippen LogP contribution in [0.25, 0.3) is 22.0 Å². The lowest BCUT2D eigenvalue weighted by Gasteiger charge is -2.23. The van der Waals surface area contributed by atoms with E-state index in [0.717, 1.165) is 34.1 Å². The number of ketones is 1. The molecule has 0 saturated carbocycles. The Morgan fingerprint density at radius 1 is 1.11 bits per heavy atom. The zero-order chi connectivity index (χ0) is 31.4. The van der Waals surface area contributed by atoms with Crippen molar-refractivity contribution in [1.82, 2.24) is 10.3 Å². The Morgan fingerprint density at radius 2 is 1.91 bits per heavy atom. The number of rotatable bonds is 6. The molecule has 2 bridgehead atoms. The summed E-state index contributed by atoms with van der Waals surface area (Å²) in [6.45, 7) is 2.16. The van der Waals surface area contributed by atoms with Crippen LogP contribution >= 0.6 is 27.5 Å². The van der Waals surface area contributed by atoms with Crippen LogP contribution < -0.4 is 16.0 Å². The van der Waals surface area contributed by atoms with Gasteiger partial charge in [-0.05, 0) is 70.7 Å². The van der Waals surface area contributed by atoms with Gasteiger partial charge in [-0.1, -0.05) is 49.2 Å². The highest BCUT2D eigenvalue weighted by molar-refractivity contribution is 9.10. The van der Waals surface area contributed by atoms with Gasteiger partial charge in [0.15, 0.2) is 11.6 Å². The van der Waals surface area contributed by atoms with E-state index in [-0.39, 0.29) is 47.2 Å². The molecule has 1 aliphatic rings. The van der Waals surface area contributed by atoms with Crippen LogP contribution in [0.3, 0.4) is 0 Å². The molecular formula is C33H31BrClFN4O4. The van der Waals surface area contributed by atoms with E-state index in [1.807, 2.05) is 43.3 Å². The molecule has 0 spiro atoms. The number of nitrogens with one attached hydrogen (secondary N) is 3. The van der Waals surface area contributed by atoms with E-state index >= 15 is 0 Å². The van der Waals surface area contributed by atoms with Crippen LogP contribution in [0, 0.1) is 11.7 Å². The second kappa shape index (κ2) is 13.8. The molecule has 0 saturated heterocycles. The number of carbonyl (C=O) groups excluding carboxylic acids is 3. The molecular weight excluding hydrogens is 651 g/mol. The van der Waals surface area contributed by atoms with E-state index in [2.05, 4.69) is 31.9 Å². The molecule has 5 rings (SSSR count). The summed E-state index contributed by atoms with van der Waals surface area (Å²) in [6.07, 6.45) is 1.44. The molecule has 11 heteroatoms. The molecule has 1 aromatic heterocycles. The van der Waals surface area contributed by atoms with Gasteiger partial charge in [-0.15, -0.1) is 0 Å². The average Bonchev–Trinajstić information content (AvgIpc) is 3.01. The normalized spacial score (nSPS) is 16.7. The quantitative estimate of drug-likeness (QED) is 0.140. The first-order valence-corrected chi connectivity index (χ1v) is 15.4. The summed E-state index contributed by atoms with van der Waals surface area (Å²) in [6, 6.07) is 17.8. The second-order valence-corrected chi connectivity index (χ2v) is 12.0. The van der Waals surface area contributed by atoms with Gasteiger partial charge in [-0.3, -0.25) is 19.9 Å². The minimum atomic E-state index is -0.742. The van der Waals surface area contributed by atoms with Gasteiger partial charge in [0.05, 0.1) is 34.6 Å². The van der Waals surface area contributed by atoms with Gasteiger partial charge >= 0.3 is 6.09 Å². The molecule has 0 fully saturated rings. The summed E-state index contributed by atoms with van der Waals surface area (Å²) < 4.78 is 19.8. The first kappa shape index (κ1) is 31.6. The minimum Gasteiger partial charge on any atom is -0.453 e. The Bertz CT molecular complexity index is 1750. The molecule has 1 aliphatic heterocycles. The van der Waals surface area contributed by atoms with Gasteiger partial charge in [0.25, 0.3) is 0 Å². The number of anilines is 2. The molecule has 0 radical (unpaired) electrons.